The van der Waals surface area contributed by atoms with E-state index in [4.69, 9.17) is 0 Å². The third kappa shape index (κ3) is 5.88. The van der Waals surface area contributed by atoms with Crippen molar-refractivity contribution in [3.8, 4) is 0 Å². The van der Waals surface area contributed by atoms with Crippen molar-refractivity contribution in [2.24, 2.45) is 5.92 Å². The molecule has 0 fully saturated rings. The highest BCUT2D eigenvalue weighted by Crippen LogP contribution is 2.20. The molecule has 2 aromatic rings. The van der Waals surface area contributed by atoms with Crippen molar-refractivity contribution >= 4 is 11.9 Å². The fourth-order valence-electron chi connectivity index (χ4n) is 2.54. The number of carbonyl (C=O) groups is 2. The van der Waals surface area contributed by atoms with E-state index in [2.05, 4.69) is 16.0 Å². The lowest BCUT2D eigenvalue weighted by atomic mass is 9.96. The molecule has 0 bridgehead atoms. The molecule has 3 N–H and O–H groups in total. The van der Waals surface area contributed by atoms with Crippen LogP contribution in [0.1, 0.15) is 35.8 Å². The lowest BCUT2D eigenvalue weighted by molar-refractivity contribution is 0.0953. The summed E-state index contributed by atoms with van der Waals surface area (Å²) in [5.41, 5.74) is 1.42. The number of rotatable bonds is 7. The second-order valence-corrected chi connectivity index (χ2v) is 6.30. The number of benzene rings is 2. The van der Waals surface area contributed by atoms with Gasteiger partial charge in [-0.05, 0) is 35.7 Å². The lowest BCUT2D eigenvalue weighted by Gasteiger charge is -2.23. The monoisotopic (exact) mass is 357 g/mol. The van der Waals surface area contributed by atoms with Crippen LogP contribution in [0.4, 0.5) is 9.18 Å². The molecule has 0 heterocycles. The van der Waals surface area contributed by atoms with Crippen LogP contribution >= 0.6 is 0 Å². The van der Waals surface area contributed by atoms with Gasteiger partial charge in [0.05, 0.1) is 6.04 Å². The third-order valence-electron chi connectivity index (χ3n) is 3.91. The van der Waals surface area contributed by atoms with E-state index < -0.39 is 5.82 Å². The molecule has 138 valence electrons. The van der Waals surface area contributed by atoms with Crippen molar-refractivity contribution in [1.29, 1.82) is 0 Å². The van der Waals surface area contributed by atoms with Crippen LogP contribution in [0.3, 0.4) is 0 Å². The molecule has 6 heteroatoms. The average Bonchev–Trinajstić information content (AvgIpc) is 2.64. The fourth-order valence-corrected chi connectivity index (χ4v) is 2.54. The van der Waals surface area contributed by atoms with E-state index >= 15 is 0 Å². The van der Waals surface area contributed by atoms with E-state index in [1.54, 1.807) is 0 Å². The largest absolute Gasteiger partial charge is 0.350 e. The topological polar surface area (TPSA) is 70.2 Å². The summed E-state index contributed by atoms with van der Waals surface area (Å²) in [4.78, 5) is 24.0. The molecular weight excluding hydrogens is 333 g/mol. The molecule has 1 unspecified atom stereocenters. The van der Waals surface area contributed by atoms with Gasteiger partial charge in [-0.3, -0.25) is 4.79 Å². The maximum absolute atomic E-state index is 12.8. The van der Waals surface area contributed by atoms with E-state index in [1.807, 2.05) is 44.2 Å². The first-order valence-electron chi connectivity index (χ1n) is 8.60. The highest BCUT2D eigenvalue weighted by molar-refractivity contribution is 5.94. The van der Waals surface area contributed by atoms with Crippen LogP contribution in [0.5, 0.6) is 0 Å². The number of urea groups is 1. The maximum atomic E-state index is 12.8. The minimum atomic E-state index is -0.391. The molecule has 3 amide bonds. The van der Waals surface area contributed by atoms with Crippen LogP contribution in [0.2, 0.25) is 0 Å². The van der Waals surface area contributed by atoms with Gasteiger partial charge in [0.15, 0.2) is 0 Å². The fraction of sp³-hybridized carbons (Fsp3) is 0.300. The molecule has 0 aliphatic carbocycles. The Morgan fingerprint density at radius 2 is 1.54 bits per heavy atom. The summed E-state index contributed by atoms with van der Waals surface area (Å²) in [7, 11) is 0. The third-order valence-corrected chi connectivity index (χ3v) is 3.91. The Kier molecular flexibility index (Phi) is 7.14. The van der Waals surface area contributed by atoms with Crippen molar-refractivity contribution in [3.05, 3.63) is 71.5 Å². The predicted octanol–water partition coefficient (Wildman–Crippen LogP) is 3.25. The van der Waals surface area contributed by atoms with E-state index in [9.17, 15) is 14.0 Å². The van der Waals surface area contributed by atoms with Crippen LogP contribution in [0, 0.1) is 11.7 Å². The van der Waals surface area contributed by atoms with Gasteiger partial charge in [0, 0.05) is 18.7 Å². The average molecular weight is 357 g/mol. The minimum absolute atomic E-state index is 0.0926. The van der Waals surface area contributed by atoms with Crippen molar-refractivity contribution in [2.45, 2.75) is 19.9 Å². The first-order valence-corrected chi connectivity index (χ1v) is 8.60. The highest BCUT2D eigenvalue weighted by Gasteiger charge is 2.17. The zero-order valence-corrected chi connectivity index (χ0v) is 15.0. The summed E-state index contributed by atoms with van der Waals surface area (Å²) in [5.74, 6) is -0.462. The van der Waals surface area contributed by atoms with Gasteiger partial charge in [-0.1, -0.05) is 44.2 Å². The van der Waals surface area contributed by atoms with E-state index in [1.165, 1.54) is 24.3 Å². The van der Waals surface area contributed by atoms with E-state index in [0.29, 0.717) is 12.1 Å². The maximum Gasteiger partial charge on any atom is 0.315 e. The Balaban J connectivity index is 1.75. The predicted molar refractivity (Wildman–Crippen MR) is 99.3 cm³/mol. The van der Waals surface area contributed by atoms with Gasteiger partial charge in [-0.2, -0.15) is 0 Å². The molecule has 2 rings (SSSR count). The summed E-state index contributed by atoms with van der Waals surface area (Å²) in [6.45, 7) is 4.65. The van der Waals surface area contributed by atoms with Crippen molar-refractivity contribution in [3.63, 3.8) is 0 Å². The standard InChI is InChI=1S/C20H24FN3O2/c1-14(2)18(15-6-4-3-5-7-15)24-20(26)23-13-12-22-19(25)16-8-10-17(21)11-9-16/h3-11,14,18H,12-13H2,1-2H3,(H,22,25)(H2,23,24,26). The van der Waals surface area contributed by atoms with E-state index in [0.717, 1.165) is 5.56 Å². The highest BCUT2D eigenvalue weighted by atomic mass is 19.1. The van der Waals surface area contributed by atoms with Gasteiger partial charge in [0.1, 0.15) is 5.82 Å². The Labute approximate surface area is 153 Å². The molecular formula is C20H24FN3O2. The Morgan fingerprint density at radius 1 is 0.923 bits per heavy atom. The summed E-state index contributed by atoms with van der Waals surface area (Å²) < 4.78 is 12.8. The van der Waals surface area contributed by atoms with Crippen LogP contribution in [-0.2, 0) is 0 Å². The van der Waals surface area contributed by atoms with Crippen LogP contribution in [-0.4, -0.2) is 25.0 Å². The van der Waals surface area contributed by atoms with E-state index in [-0.39, 0.29) is 30.4 Å². The summed E-state index contributed by atoms with van der Waals surface area (Å²) >= 11 is 0. The molecule has 2 aromatic carbocycles. The van der Waals surface area contributed by atoms with Crippen LogP contribution in [0.25, 0.3) is 0 Å². The summed E-state index contributed by atoms with van der Waals surface area (Å²) in [6.07, 6.45) is 0. The lowest BCUT2D eigenvalue weighted by Crippen LogP contribution is -2.42. The van der Waals surface area contributed by atoms with Crippen molar-refractivity contribution in [1.82, 2.24) is 16.0 Å². The first kappa shape index (κ1) is 19.4. The SMILES string of the molecule is CC(C)C(NC(=O)NCCNC(=O)c1ccc(F)cc1)c1ccccc1. The molecule has 0 saturated carbocycles. The number of hydrogen-bond donors (Lipinski definition) is 3. The van der Waals surface area contributed by atoms with Gasteiger partial charge in [0.25, 0.3) is 5.91 Å². The van der Waals surface area contributed by atoms with Crippen molar-refractivity contribution < 1.29 is 14.0 Å². The summed E-state index contributed by atoms with van der Waals surface area (Å²) in [5, 5.41) is 8.36. The number of carbonyl (C=O) groups excluding carboxylic acids is 2. The molecule has 0 spiro atoms. The molecule has 5 nitrogen and oxygen atoms in total. The molecule has 26 heavy (non-hydrogen) atoms. The zero-order valence-electron chi connectivity index (χ0n) is 15.0. The zero-order chi connectivity index (χ0) is 18.9. The number of halogens is 1. The van der Waals surface area contributed by atoms with Gasteiger partial charge in [-0.15, -0.1) is 0 Å². The smallest absolute Gasteiger partial charge is 0.315 e. The van der Waals surface area contributed by atoms with Gasteiger partial charge >= 0.3 is 6.03 Å². The van der Waals surface area contributed by atoms with Gasteiger partial charge in [-0.25, -0.2) is 9.18 Å². The van der Waals surface area contributed by atoms with Crippen LogP contribution in [0.15, 0.2) is 54.6 Å². The number of hydrogen-bond acceptors (Lipinski definition) is 2. The Bertz CT molecular complexity index is 718. The number of nitrogens with one attached hydrogen (secondary N) is 3. The van der Waals surface area contributed by atoms with Gasteiger partial charge < -0.3 is 16.0 Å². The molecule has 0 radical (unpaired) electrons. The quantitative estimate of drug-likeness (QED) is 0.666. The second kappa shape index (κ2) is 9.56. The second-order valence-electron chi connectivity index (χ2n) is 6.30. The normalized spacial score (nSPS) is 11.7. The minimum Gasteiger partial charge on any atom is -0.350 e. The summed E-state index contributed by atoms with van der Waals surface area (Å²) in [6, 6.07) is 14.7. The molecule has 0 saturated heterocycles. The molecule has 0 aromatic heterocycles. The Hall–Kier alpha value is -2.89. The van der Waals surface area contributed by atoms with Crippen molar-refractivity contribution in [2.75, 3.05) is 13.1 Å². The van der Waals surface area contributed by atoms with Crippen LogP contribution < -0.4 is 16.0 Å². The first-order chi connectivity index (χ1) is 12.5. The molecule has 0 aliphatic rings. The molecule has 0 aliphatic heterocycles. The Morgan fingerprint density at radius 3 is 2.15 bits per heavy atom. The molecule has 1 atom stereocenters. The van der Waals surface area contributed by atoms with Gasteiger partial charge in [0.2, 0.25) is 0 Å². The number of amides is 3.